The molecule has 2 aliphatic rings. The number of nitrogens with zero attached hydrogens (tertiary/aromatic N) is 1. The molecule has 138 valence electrons. The minimum atomic E-state index is 0.205. The van der Waals surface area contributed by atoms with E-state index < -0.39 is 0 Å². The zero-order valence-electron chi connectivity index (χ0n) is 15.7. The Morgan fingerprint density at radius 1 is 1.08 bits per heavy atom. The van der Waals surface area contributed by atoms with E-state index in [1.807, 2.05) is 12.1 Å². The van der Waals surface area contributed by atoms with E-state index in [1.165, 1.54) is 19.3 Å². The monoisotopic (exact) mass is 347 g/mol. The number of amides is 1. The molecule has 0 spiro atoms. The lowest BCUT2D eigenvalue weighted by Crippen LogP contribution is -2.43. The van der Waals surface area contributed by atoms with E-state index in [0.29, 0.717) is 41.7 Å². The lowest BCUT2D eigenvalue weighted by molar-refractivity contribution is -0.133. The van der Waals surface area contributed by atoms with Crippen molar-refractivity contribution >= 4 is 5.91 Å². The van der Waals surface area contributed by atoms with Gasteiger partial charge in [0.1, 0.15) is 0 Å². The van der Waals surface area contributed by atoms with Crippen LogP contribution in [0.1, 0.15) is 44.6 Å². The molecule has 0 unspecified atom stereocenters. The van der Waals surface area contributed by atoms with Crippen molar-refractivity contribution in [1.29, 1.82) is 0 Å². The van der Waals surface area contributed by atoms with Gasteiger partial charge in [0.2, 0.25) is 11.7 Å². The van der Waals surface area contributed by atoms with Gasteiger partial charge in [-0.15, -0.1) is 0 Å². The highest BCUT2D eigenvalue weighted by Crippen LogP contribution is 2.41. The van der Waals surface area contributed by atoms with Crippen molar-refractivity contribution in [1.82, 2.24) is 4.90 Å². The molecular weight excluding hydrogens is 318 g/mol. The highest BCUT2D eigenvalue weighted by atomic mass is 16.5. The van der Waals surface area contributed by atoms with Crippen LogP contribution in [0, 0.1) is 5.92 Å². The molecule has 1 saturated heterocycles. The zero-order valence-corrected chi connectivity index (χ0v) is 15.7. The van der Waals surface area contributed by atoms with E-state index >= 15 is 0 Å². The number of methoxy groups -OCH3 is 3. The number of fused-ring (bicyclic) bond motifs is 1. The summed E-state index contributed by atoms with van der Waals surface area (Å²) in [5.41, 5.74) is 0.894. The van der Waals surface area contributed by atoms with Gasteiger partial charge in [-0.25, -0.2) is 0 Å². The van der Waals surface area contributed by atoms with Crippen LogP contribution in [0.2, 0.25) is 0 Å². The maximum Gasteiger partial charge on any atom is 0.227 e. The molecule has 1 aromatic carbocycles. The van der Waals surface area contributed by atoms with E-state index in [-0.39, 0.29) is 5.91 Å². The van der Waals surface area contributed by atoms with Gasteiger partial charge >= 0.3 is 0 Å². The fourth-order valence-electron chi connectivity index (χ4n) is 4.64. The molecule has 5 heteroatoms. The summed E-state index contributed by atoms with van der Waals surface area (Å²) < 4.78 is 16.2. The van der Waals surface area contributed by atoms with E-state index in [9.17, 15) is 4.79 Å². The number of carbonyl (C=O) groups is 1. The van der Waals surface area contributed by atoms with Crippen molar-refractivity contribution in [2.45, 2.75) is 57.5 Å². The zero-order chi connectivity index (χ0) is 18.0. The second kappa shape index (κ2) is 7.54. The van der Waals surface area contributed by atoms with Gasteiger partial charge in [-0.2, -0.15) is 0 Å². The van der Waals surface area contributed by atoms with Crippen LogP contribution >= 0.6 is 0 Å². The first-order chi connectivity index (χ1) is 12.1. The molecule has 1 aliphatic carbocycles. The Kier molecular flexibility index (Phi) is 5.40. The molecule has 1 heterocycles. The Morgan fingerprint density at radius 2 is 1.72 bits per heavy atom. The SMILES string of the molecule is COc1cc(CC(=O)N2[C@H](C)C[C@@H]3CCCC[C@H]32)cc(OC)c1OC. The molecule has 3 atom stereocenters. The van der Waals surface area contributed by atoms with Crippen LogP contribution in [-0.2, 0) is 11.2 Å². The second-order valence-corrected chi connectivity index (χ2v) is 7.21. The number of hydrogen-bond donors (Lipinski definition) is 0. The van der Waals surface area contributed by atoms with Crippen LogP contribution in [0.3, 0.4) is 0 Å². The van der Waals surface area contributed by atoms with Crippen LogP contribution in [0.4, 0.5) is 0 Å². The van der Waals surface area contributed by atoms with Gasteiger partial charge in [-0.1, -0.05) is 12.8 Å². The maximum absolute atomic E-state index is 13.0. The van der Waals surface area contributed by atoms with E-state index in [1.54, 1.807) is 21.3 Å². The van der Waals surface area contributed by atoms with Crippen molar-refractivity contribution < 1.29 is 19.0 Å². The molecule has 1 amide bonds. The fourth-order valence-corrected chi connectivity index (χ4v) is 4.64. The van der Waals surface area contributed by atoms with Gasteiger partial charge in [0.25, 0.3) is 0 Å². The number of carbonyl (C=O) groups excluding carboxylic acids is 1. The lowest BCUT2D eigenvalue weighted by atomic mass is 9.85. The van der Waals surface area contributed by atoms with Crippen molar-refractivity contribution in [3.63, 3.8) is 0 Å². The van der Waals surface area contributed by atoms with Gasteiger partial charge in [0, 0.05) is 12.1 Å². The number of hydrogen-bond acceptors (Lipinski definition) is 4. The van der Waals surface area contributed by atoms with Crippen LogP contribution in [0.5, 0.6) is 17.2 Å². The predicted molar refractivity (Wildman–Crippen MR) is 96.5 cm³/mol. The molecule has 5 nitrogen and oxygen atoms in total. The van der Waals surface area contributed by atoms with E-state index in [2.05, 4.69) is 11.8 Å². The molecule has 3 rings (SSSR count). The van der Waals surface area contributed by atoms with Crippen molar-refractivity contribution in [2.75, 3.05) is 21.3 Å². The Hall–Kier alpha value is -1.91. The molecule has 25 heavy (non-hydrogen) atoms. The minimum Gasteiger partial charge on any atom is -0.493 e. The largest absolute Gasteiger partial charge is 0.493 e. The van der Waals surface area contributed by atoms with Crippen molar-refractivity contribution in [3.05, 3.63) is 17.7 Å². The van der Waals surface area contributed by atoms with Crippen LogP contribution in [0.25, 0.3) is 0 Å². The quantitative estimate of drug-likeness (QED) is 0.819. The molecule has 1 aromatic rings. The lowest BCUT2D eigenvalue weighted by Gasteiger charge is -2.33. The molecule has 1 aliphatic heterocycles. The van der Waals surface area contributed by atoms with Crippen LogP contribution < -0.4 is 14.2 Å². The number of likely N-dealkylation sites (tertiary alicyclic amines) is 1. The topological polar surface area (TPSA) is 48.0 Å². The molecule has 0 radical (unpaired) electrons. The average molecular weight is 347 g/mol. The molecule has 0 bridgehead atoms. The summed E-state index contributed by atoms with van der Waals surface area (Å²) >= 11 is 0. The Morgan fingerprint density at radius 3 is 2.32 bits per heavy atom. The first-order valence-corrected chi connectivity index (χ1v) is 9.19. The third-order valence-corrected chi connectivity index (χ3v) is 5.71. The maximum atomic E-state index is 13.0. The molecule has 0 aromatic heterocycles. The van der Waals surface area contributed by atoms with Gasteiger partial charge in [-0.05, 0) is 49.8 Å². The Bertz CT molecular complexity index is 605. The third-order valence-electron chi connectivity index (χ3n) is 5.71. The number of rotatable bonds is 5. The first kappa shape index (κ1) is 17.9. The predicted octanol–water partition coefficient (Wildman–Crippen LogP) is 3.43. The average Bonchev–Trinajstić information content (AvgIpc) is 2.96. The highest BCUT2D eigenvalue weighted by molar-refractivity contribution is 5.80. The summed E-state index contributed by atoms with van der Waals surface area (Å²) in [6.45, 7) is 2.19. The Labute approximate surface area is 150 Å². The molecule has 0 N–H and O–H groups in total. The highest BCUT2D eigenvalue weighted by Gasteiger charge is 2.42. The first-order valence-electron chi connectivity index (χ1n) is 9.19. The third kappa shape index (κ3) is 3.42. The minimum absolute atomic E-state index is 0.205. The van der Waals surface area contributed by atoms with Crippen LogP contribution in [-0.4, -0.2) is 44.2 Å². The second-order valence-electron chi connectivity index (χ2n) is 7.21. The van der Waals surface area contributed by atoms with E-state index in [4.69, 9.17) is 14.2 Å². The Balaban J connectivity index is 1.80. The number of ether oxygens (including phenoxy) is 3. The van der Waals surface area contributed by atoms with Crippen molar-refractivity contribution in [2.24, 2.45) is 5.92 Å². The van der Waals surface area contributed by atoms with Crippen molar-refractivity contribution in [3.8, 4) is 17.2 Å². The van der Waals surface area contributed by atoms with Crippen LogP contribution in [0.15, 0.2) is 12.1 Å². The standard InChI is InChI=1S/C20H29NO4/c1-13-9-15-7-5-6-8-16(15)21(13)19(22)12-14-10-17(23-2)20(25-4)18(11-14)24-3/h10-11,13,15-16H,5-9,12H2,1-4H3/t13-,15+,16-/m1/s1. The van der Waals surface area contributed by atoms with Gasteiger partial charge in [-0.3, -0.25) is 4.79 Å². The van der Waals surface area contributed by atoms with Gasteiger partial charge < -0.3 is 19.1 Å². The summed E-state index contributed by atoms with van der Waals surface area (Å²) in [6.07, 6.45) is 6.47. The van der Waals surface area contributed by atoms with Gasteiger partial charge in [0.15, 0.2) is 11.5 Å². The summed E-state index contributed by atoms with van der Waals surface area (Å²) in [7, 11) is 4.77. The summed E-state index contributed by atoms with van der Waals surface area (Å²) in [6, 6.07) is 4.51. The molecular formula is C20H29NO4. The normalized spacial score (nSPS) is 25.4. The summed E-state index contributed by atoms with van der Waals surface area (Å²) in [4.78, 5) is 15.2. The van der Waals surface area contributed by atoms with E-state index in [0.717, 1.165) is 18.4 Å². The molecule has 1 saturated carbocycles. The molecule has 2 fully saturated rings. The fraction of sp³-hybridized carbons (Fsp3) is 0.650. The smallest absolute Gasteiger partial charge is 0.227 e. The summed E-state index contributed by atoms with van der Waals surface area (Å²) in [5, 5.41) is 0. The number of benzene rings is 1. The van der Waals surface area contributed by atoms with Gasteiger partial charge in [0.05, 0.1) is 27.8 Å². The summed E-state index contributed by atoms with van der Waals surface area (Å²) in [5.74, 6) is 2.64.